The average molecular weight is 349 g/mol. The summed E-state index contributed by atoms with van der Waals surface area (Å²) in [5.41, 5.74) is 3.54. The standard InChI is InChI=1S/C20H23N5O/c1-15-11-21-23(12-15)13-18-9-6-10-24(18)20(26)19-14-25(22-16(19)2)17-7-4-3-5-8-17/h3-5,7-8,11-12,14,18H,6,9-10,13H2,1-2H3. The van der Waals surface area contributed by atoms with Gasteiger partial charge < -0.3 is 4.90 Å². The van der Waals surface area contributed by atoms with Crippen LogP contribution in [0.15, 0.2) is 48.9 Å². The maximum absolute atomic E-state index is 13.2. The maximum atomic E-state index is 13.2. The van der Waals surface area contributed by atoms with Crippen LogP contribution < -0.4 is 0 Å². The lowest BCUT2D eigenvalue weighted by atomic mass is 10.2. The van der Waals surface area contributed by atoms with Crippen LogP contribution in [0, 0.1) is 13.8 Å². The number of hydrogen-bond acceptors (Lipinski definition) is 3. The minimum atomic E-state index is 0.0658. The number of aryl methyl sites for hydroxylation is 2. The van der Waals surface area contributed by atoms with Crippen molar-refractivity contribution in [3.8, 4) is 5.69 Å². The molecule has 2 aromatic heterocycles. The van der Waals surface area contributed by atoms with Gasteiger partial charge in [-0.15, -0.1) is 0 Å². The molecule has 1 aromatic carbocycles. The van der Waals surface area contributed by atoms with Crippen molar-refractivity contribution in [3.05, 3.63) is 65.7 Å². The van der Waals surface area contributed by atoms with E-state index in [0.29, 0.717) is 5.56 Å². The third-order valence-corrected chi connectivity index (χ3v) is 4.95. The largest absolute Gasteiger partial charge is 0.334 e. The molecule has 0 saturated carbocycles. The lowest BCUT2D eigenvalue weighted by Crippen LogP contribution is -2.38. The van der Waals surface area contributed by atoms with E-state index in [0.717, 1.165) is 42.9 Å². The summed E-state index contributed by atoms with van der Waals surface area (Å²) in [7, 11) is 0. The summed E-state index contributed by atoms with van der Waals surface area (Å²) >= 11 is 0. The molecule has 0 radical (unpaired) electrons. The van der Waals surface area contributed by atoms with Crippen LogP contribution in [0.1, 0.15) is 34.5 Å². The summed E-state index contributed by atoms with van der Waals surface area (Å²) < 4.78 is 3.72. The SMILES string of the molecule is Cc1cnn(CC2CCCN2C(=O)c2cn(-c3ccccc3)nc2C)c1. The van der Waals surface area contributed by atoms with Crippen molar-refractivity contribution in [2.45, 2.75) is 39.3 Å². The van der Waals surface area contributed by atoms with E-state index in [4.69, 9.17) is 0 Å². The quantitative estimate of drug-likeness (QED) is 0.728. The normalized spacial score (nSPS) is 17.0. The molecular weight excluding hydrogens is 326 g/mol. The van der Waals surface area contributed by atoms with Crippen LogP contribution in [0.5, 0.6) is 0 Å². The zero-order valence-corrected chi connectivity index (χ0v) is 15.2. The average Bonchev–Trinajstić information content (AvgIpc) is 3.36. The molecule has 0 aliphatic carbocycles. The Hall–Kier alpha value is -2.89. The van der Waals surface area contributed by atoms with Crippen molar-refractivity contribution < 1.29 is 4.79 Å². The van der Waals surface area contributed by atoms with Crippen LogP contribution in [-0.2, 0) is 6.54 Å². The Morgan fingerprint density at radius 3 is 2.73 bits per heavy atom. The van der Waals surface area contributed by atoms with Crippen molar-refractivity contribution in [3.63, 3.8) is 0 Å². The van der Waals surface area contributed by atoms with Crippen molar-refractivity contribution in [2.24, 2.45) is 0 Å². The van der Waals surface area contributed by atoms with Gasteiger partial charge in [0.05, 0.1) is 35.7 Å². The first kappa shape index (κ1) is 16.6. The number of nitrogens with zero attached hydrogens (tertiary/aromatic N) is 5. The molecule has 6 nitrogen and oxygen atoms in total. The summed E-state index contributed by atoms with van der Waals surface area (Å²) in [5.74, 6) is 0.0658. The lowest BCUT2D eigenvalue weighted by molar-refractivity contribution is 0.0721. The van der Waals surface area contributed by atoms with Crippen LogP contribution in [0.25, 0.3) is 5.69 Å². The first-order valence-corrected chi connectivity index (χ1v) is 9.03. The van der Waals surface area contributed by atoms with Crippen LogP contribution in [0.2, 0.25) is 0 Å². The number of amides is 1. The molecule has 0 spiro atoms. The second-order valence-corrected chi connectivity index (χ2v) is 6.94. The molecule has 1 aliphatic heterocycles. The number of rotatable bonds is 4. The monoisotopic (exact) mass is 349 g/mol. The Balaban J connectivity index is 1.56. The Kier molecular flexibility index (Phi) is 4.32. The molecule has 26 heavy (non-hydrogen) atoms. The van der Waals surface area contributed by atoms with E-state index in [1.54, 1.807) is 4.68 Å². The van der Waals surface area contributed by atoms with Gasteiger partial charge in [-0.25, -0.2) is 4.68 Å². The number of likely N-dealkylation sites (tertiary alicyclic amines) is 1. The Morgan fingerprint density at radius 2 is 2.00 bits per heavy atom. The number of carbonyl (C=O) groups is 1. The molecule has 3 aromatic rings. The predicted octanol–water partition coefficient (Wildman–Crippen LogP) is 2.99. The molecule has 6 heteroatoms. The second kappa shape index (κ2) is 6.78. The highest BCUT2D eigenvalue weighted by Crippen LogP contribution is 2.23. The molecule has 4 rings (SSSR count). The first-order valence-electron chi connectivity index (χ1n) is 9.03. The van der Waals surface area contributed by atoms with Crippen molar-refractivity contribution in [1.29, 1.82) is 0 Å². The number of para-hydroxylation sites is 1. The van der Waals surface area contributed by atoms with Gasteiger partial charge in [-0.05, 0) is 44.4 Å². The van der Waals surface area contributed by atoms with E-state index in [1.807, 2.05) is 72.4 Å². The van der Waals surface area contributed by atoms with Gasteiger partial charge in [-0.3, -0.25) is 9.48 Å². The van der Waals surface area contributed by atoms with Crippen LogP contribution >= 0.6 is 0 Å². The van der Waals surface area contributed by atoms with E-state index in [-0.39, 0.29) is 11.9 Å². The third kappa shape index (κ3) is 3.14. The topological polar surface area (TPSA) is 56.0 Å². The van der Waals surface area contributed by atoms with E-state index in [1.165, 1.54) is 0 Å². The molecule has 0 N–H and O–H groups in total. The molecule has 0 bridgehead atoms. The summed E-state index contributed by atoms with van der Waals surface area (Å²) in [6, 6.07) is 10.1. The van der Waals surface area contributed by atoms with Crippen LogP contribution in [-0.4, -0.2) is 43.0 Å². The van der Waals surface area contributed by atoms with Gasteiger partial charge >= 0.3 is 0 Å². The van der Waals surface area contributed by atoms with Crippen LogP contribution in [0.4, 0.5) is 0 Å². The van der Waals surface area contributed by atoms with E-state index in [2.05, 4.69) is 10.2 Å². The molecule has 1 aliphatic rings. The molecule has 1 unspecified atom stereocenters. The van der Waals surface area contributed by atoms with E-state index < -0.39 is 0 Å². The summed E-state index contributed by atoms with van der Waals surface area (Å²) in [6.07, 6.45) is 7.77. The fraction of sp³-hybridized carbons (Fsp3) is 0.350. The summed E-state index contributed by atoms with van der Waals surface area (Å²) in [4.78, 5) is 15.1. The van der Waals surface area contributed by atoms with Crippen molar-refractivity contribution in [2.75, 3.05) is 6.54 Å². The van der Waals surface area contributed by atoms with Crippen molar-refractivity contribution >= 4 is 5.91 Å². The van der Waals surface area contributed by atoms with Gasteiger partial charge in [-0.2, -0.15) is 10.2 Å². The van der Waals surface area contributed by atoms with Gasteiger partial charge in [0.25, 0.3) is 5.91 Å². The number of aromatic nitrogens is 4. The molecule has 3 heterocycles. The molecule has 134 valence electrons. The van der Waals surface area contributed by atoms with Crippen molar-refractivity contribution in [1.82, 2.24) is 24.5 Å². The minimum Gasteiger partial charge on any atom is -0.334 e. The molecule has 1 fully saturated rings. The highest BCUT2D eigenvalue weighted by atomic mass is 16.2. The fourth-order valence-electron chi connectivity index (χ4n) is 3.61. The zero-order chi connectivity index (χ0) is 18.1. The van der Waals surface area contributed by atoms with Gasteiger partial charge in [0.1, 0.15) is 0 Å². The number of carbonyl (C=O) groups excluding carboxylic acids is 1. The lowest BCUT2D eigenvalue weighted by Gasteiger charge is -2.24. The van der Waals surface area contributed by atoms with Gasteiger partial charge in [0.2, 0.25) is 0 Å². The summed E-state index contributed by atoms with van der Waals surface area (Å²) in [6.45, 7) is 5.46. The fourth-order valence-corrected chi connectivity index (χ4v) is 3.61. The highest BCUT2D eigenvalue weighted by molar-refractivity contribution is 5.95. The molecule has 1 atom stereocenters. The van der Waals surface area contributed by atoms with Gasteiger partial charge in [-0.1, -0.05) is 18.2 Å². The van der Waals surface area contributed by atoms with Gasteiger partial charge in [0, 0.05) is 18.9 Å². The molecule has 1 saturated heterocycles. The first-order chi connectivity index (χ1) is 12.6. The predicted molar refractivity (Wildman–Crippen MR) is 99.3 cm³/mol. The second-order valence-electron chi connectivity index (χ2n) is 6.94. The maximum Gasteiger partial charge on any atom is 0.257 e. The number of hydrogen-bond donors (Lipinski definition) is 0. The molecular formula is C20H23N5O. The number of benzene rings is 1. The minimum absolute atomic E-state index is 0.0658. The van der Waals surface area contributed by atoms with Gasteiger partial charge in [0.15, 0.2) is 0 Å². The molecule has 1 amide bonds. The third-order valence-electron chi connectivity index (χ3n) is 4.95. The Morgan fingerprint density at radius 1 is 1.19 bits per heavy atom. The highest BCUT2D eigenvalue weighted by Gasteiger charge is 2.31. The Bertz CT molecular complexity index is 911. The van der Waals surface area contributed by atoms with Crippen LogP contribution in [0.3, 0.4) is 0 Å². The Labute approximate surface area is 153 Å². The smallest absolute Gasteiger partial charge is 0.257 e. The zero-order valence-electron chi connectivity index (χ0n) is 15.2. The van der Waals surface area contributed by atoms with E-state index in [9.17, 15) is 4.79 Å². The summed E-state index contributed by atoms with van der Waals surface area (Å²) in [5, 5.41) is 8.91. The van der Waals surface area contributed by atoms with E-state index >= 15 is 0 Å².